The number of benzene rings is 4. The number of ketones is 1. The van der Waals surface area contributed by atoms with E-state index in [1.54, 1.807) is 46.9 Å². The van der Waals surface area contributed by atoms with E-state index >= 15 is 0 Å². The summed E-state index contributed by atoms with van der Waals surface area (Å²) in [5.74, 6) is 2.28. The summed E-state index contributed by atoms with van der Waals surface area (Å²) in [6, 6.07) is 18.9. The van der Waals surface area contributed by atoms with Gasteiger partial charge in [-0.15, -0.1) is 0 Å². The van der Waals surface area contributed by atoms with Crippen molar-refractivity contribution in [3.8, 4) is 28.4 Å². The molecule has 290 valence electrons. The van der Waals surface area contributed by atoms with Crippen molar-refractivity contribution in [1.29, 1.82) is 0 Å². The smallest absolute Gasteiger partial charge is 0.168 e. The fraction of sp³-hybridized carbons (Fsp3) is 0.465. The number of rotatable bonds is 9. The number of hydrogen-bond donors (Lipinski definition) is 6. The number of nitrogens with one attached hydrogen (secondary N) is 2. The number of aliphatic hydroxyl groups is 2. The van der Waals surface area contributed by atoms with E-state index in [0.717, 1.165) is 101 Å². The van der Waals surface area contributed by atoms with E-state index in [0.29, 0.717) is 24.3 Å². The van der Waals surface area contributed by atoms with E-state index in [2.05, 4.69) is 16.7 Å². The molecular formula is C43H54N2O7S2. The fourth-order valence-corrected chi connectivity index (χ4v) is 10.3. The van der Waals surface area contributed by atoms with Crippen LogP contribution in [0.4, 0.5) is 5.69 Å². The van der Waals surface area contributed by atoms with Crippen LogP contribution >= 0.6 is 21.6 Å². The highest BCUT2D eigenvalue weighted by Crippen LogP contribution is 2.46. The monoisotopic (exact) mass is 774 g/mol. The molecule has 0 spiro atoms. The van der Waals surface area contributed by atoms with Crippen LogP contribution in [-0.2, 0) is 28.3 Å². The van der Waals surface area contributed by atoms with Gasteiger partial charge >= 0.3 is 0 Å². The number of ether oxygens (including phenoxy) is 2. The summed E-state index contributed by atoms with van der Waals surface area (Å²) in [6.45, 7) is 1.67. The van der Waals surface area contributed by atoms with Crippen LogP contribution < -0.4 is 15.4 Å². The van der Waals surface area contributed by atoms with Gasteiger partial charge in [-0.25, -0.2) is 0 Å². The second-order valence-electron chi connectivity index (χ2n) is 14.6. The summed E-state index contributed by atoms with van der Waals surface area (Å²) in [7, 11) is 6.96. The number of aryl methyl sites for hydroxylation is 1. The molecule has 9 nitrogen and oxygen atoms in total. The molecule has 1 fully saturated rings. The molecule has 54 heavy (non-hydrogen) atoms. The van der Waals surface area contributed by atoms with Gasteiger partial charge in [-0.2, -0.15) is 0 Å². The fourth-order valence-electron chi connectivity index (χ4n) is 8.08. The highest BCUT2D eigenvalue weighted by Gasteiger charge is 2.38. The molecule has 1 heterocycles. The summed E-state index contributed by atoms with van der Waals surface area (Å²) >= 11 is 0. The Morgan fingerprint density at radius 3 is 2.50 bits per heavy atom. The van der Waals surface area contributed by atoms with E-state index in [1.165, 1.54) is 0 Å². The Morgan fingerprint density at radius 2 is 1.76 bits per heavy atom. The number of phenols is 2. The van der Waals surface area contributed by atoms with Crippen LogP contribution in [0.1, 0.15) is 93.2 Å². The molecule has 0 unspecified atom stereocenters. The first-order chi connectivity index (χ1) is 26.2. The molecule has 3 atom stereocenters. The Morgan fingerprint density at radius 1 is 0.963 bits per heavy atom. The highest BCUT2D eigenvalue weighted by molar-refractivity contribution is 8.76. The molecule has 6 N–H and O–H groups in total. The topological polar surface area (TPSA) is 141 Å². The van der Waals surface area contributed by atoms with Gasteiger partial charge in [-0.1, -0.05) is 71.2 Å². The van der Waals surface area contributed by atoms with Crippen LogP contribution in [0.5, 0.6) is 17.2 Å². The van der Waals surface area contributed by atoms with Crippen molar-refractivity contribution in [2.24, 2.45) is 0 Å². The van der Waals surface area contributed by atoms with Crippen molar-refractivity contribution in [3.05, 3.63) is 82.9 Å². The summed E-state index contributed by atoms with van der Waals surface area (Å²) in [5, 5.41) is 51.2. The van der Waals surface area contributed by atoms with Gasteiger partial charge in [0.2, 0.25) is 0 Å². The number of aliphatic hydroxyl groups excluding tert-OH is 2. The van der Waals surface area contributed by atoms with Crippen molar-refractivity contribution >= 4 is 43.8 Å². The molecule has 4 aromatic rings. The molecular weight excluding hydrogens is 721 g/mol. The second kappa shape index (κ2) is 18.5. The minimum atomic E-state index is -0.521. The molecule has 0 amide bonds. The minimum Gasteiger partial charge on any atom is -0.508 e. The van der Waals surface area contributed by atoms with Crippen molar-refractivity contribution in [3.63, 3.8) is 0 Å². The number of methoxy groups -OCH3 is 1. The third kappa shape index (κ3) is 9.15. The number of hydrogen-bond acceptors (Lipinski definition) is 11. The highest BCUT2D eigenvalue weighted by atomic mass is 33.1. The zero-order chi connectivity index (χ0) is 38.2. The molecule has 4 aromatic carbocycles. The van der Waals surface area contributed by atoms with Crippen LogP contribution in [0, 0.1) is 0 Å². The molecule has 0 radical (unpaired) electrons. The maximum Gasteiger partial charge on any atom is 0.168 e. The lowest BCUT2D eigenvalue weighted by molar-refractivity contribution is -0.124. The number of phenolic OH excluding ortho intramolecular Hbond substituents is 2. The Hall–Kier alpha value is -3.45. The van der Waals surface area contributed by atoms with Crippen LogP contribution in [-0.4, -0.2) is 63.9 Å². The molecule has 1 saturated carbocycles. The van der Waals surface area contributed by atoms with Gasteiger partial charge in [-0.3, -0.25) is 10.1 Å². The van der Waals surface area contributed by atoms with Crippen LogP contribution in [0.3, 0.4) is 0 Å². The first kappa shape index (κ1) is 40.2. The summed E-state index contributed by atoms with van der Waals surface area (Å²) < 4.78 is 12.5. The van der Waals surface area contributed by atoms with E-state index < -0.39 is 17.9 Å². The Labute approximate surface area is 326 Å². The molecule has 1 aliphatic carbocycles. The lowest BCUT2D eigenvalue weighted by Gasteiger charge is -2.35. The summed E-state index contributed by atoms with van der Waals surface area (Å²) in [6.07, 6.45) is 6.13. The molecule has 6 rings (SSSR count). The van der Waals surface area contributed by atoms with Gasteiger partial charge in [-0.05, 0) is 109 Å². The number of anilines is 1. The predicted octanol–water partition coefficient (Wildman–Crippen LogP) is 8.78. The Kier molecular flexibility index (Phi) is 13.7. The Balaban J connectivity index is 1.25. The van der Waals surface area contributed by atoms with Crippen molar-refractivity contribution < 1.29 is 34.7 Å². The quantitative estimate of drug-likeness (QED) is 0.0719. The average molecular weight is 775 g/mol. The molecule has 11 heteroatoms. The number of Topliss-reactive ketones (excluding diaryl/α,β-unsaturated/α-hetero) is 1. The van der Waals surface area contributed by atoms with Crippen molar-refractivity contribution in [2.45, 2.75) is 107 Å². The van der Waals surface area contributed by atoms with Gasteiger partial charge < -0.3 is 35.2 Å². The largest absolute Gasteiger partial charge is 0.508 e. The third-order valence-corrected chi connectivity index (χ3v) is 13.5. The first-order valence-corrected chi connectivity index (χ1v) is 21.6. The van der Waals surface area contributed by atoms with E-state index in [-0.39, 0.29) is 36.4 Å². The first-order valence-electron chi connectivity index (χ1n) is 19.1. The van der Waals surface area contributed by atoms with Gasteiger partial charge in [0.1, 0.15) is 17.8 Å². The SMILES string of the molecule is CN[C@H](O[C@@H]1CCCCSSCc2c(ccc3ccc(O)cc23)-c2c(ccc(O)c2OC)CCC(=O)C1)c1ccc(NC2([C@H](C)O)CCCC2)c(CO)c1. The van der Waals surface area contributed by atoms with E-state index in [4.69, 9.17) is 9.47 Å². The van der Waals surface area contributed by atoms with Crippen LogP contribution in [0.2, 0.25) is 0 Å². The zero-order valence-electron chi connectivity index (χ0n) is 31.5. The standard InChI is InChI=1S/C43H54N2O7S2/c1-27(47)43(19-5-6-20-43)45-38-17-12-30(22-31(38)25-46)42(44-2)52-34-8-4-7-21-53-54-26-37-35(16-11-28-9-14-33(49)24-36(28)37)40-29(10-15-32(48)23-34)13-18-39(50)41(40)51-3/h9,11-14,16-18,22,24,27,34,42,44-47,49-50H,4-8,10,15,19-21,23,25-26H2,1-3H3/t27-,34+,42+/m0/s1. The molecule has 0 aromatic heterocycles. The zero-order valence-corrected chi connectivity index (χ0v) is 33.2. The molecule has 1 aliphatic heterocycles. The lowest BCUT2D eigenvalue weighted by atomic mass is 9.89. The summed E-state index contributed by atoms with van der Waals surface area (Å²) in [4.78, 5) is 13.8. The number of aromatic hydroxyl groups is 2. The molecule has 0 saturated heterocycles. The third-order valence-electron chi connectivity index (χ3n) is 11.1. The van der Waals surface area contributed by atoms with Gasteiger partial charge in [0.25, 0.3) is 0 Å². The molecule has 2 aliphatic rings. The number of carbonyl (C=O) groups excluding carboxylic acids is 1. The predicted molar refractivity (Wildman–Crippen MR) is 220 cm³/mol. The van der Waals surface area contributed by atoms with Crippen molar-refractivity contribution in [1.82, 2.24) is 5.32 Å². The second-order valence-corrected chi connectivity index (χ2v) is 17.2. The maximum atomic E-state index is 13.8. The summed E-state index contributed by atoms with van der Waals surface area (Å²) in [5.41, 5.74) is 5.62. The molecule has 0 bridgehead atoms. The van der Waals surface area contributed by atoms with Crippen LogP contribution in [0.15, 0.2) is 60.7 Å². The van der Waals surface area contributed by atoms with E-state index in [9.17, 15) is 25.2 Å². The lowest BCUT2D eigenvalue weighted by Crippen LogP contribution is -2.45. The number of fused-ring (bicyclic) bond motifs is 5. The normalized spacial score (nSPS) is 19.5. The van der Waals surface area contributed by atoms with Crippen LogP contribution in [0.25, 0.3) is 21.9 Å². The maximum absolute atomic E-state index is 13.8. The Bertz CT molecular complexity index is 1910. The van der Waals surface area contributed by atoms with Gasteiger partial charge in [0.15, 0.2) is 11.5 Å². The van der Waals surface area contributed by atoms with E-state index in [1.807, 2.05) is 50.4 Å². The van der Waals surface area contributed by atoms with Gasteiger partial charge in [0.05, 0.1) is 31.5 Å². The number of carbonyl (C=O) groups is 1. The average Bonchev–Trinajstić information content (AvgIpc) is 3.65. The van der Waals surface area contributed by atoms with Crippen molar-refractivity contribution in [2.75, 3.05) is 25.2 Å². The van der Waals surface area contributed by atoms with Gasteiger partial charge in [0, 0.05) is 41.2 Å². The minimum absolute atomic E-state index is 0.0294.